The number of esters is 2. The van der Waals surface area contributed by atoms with Gasteiger partial charge in [0.2, 0.25) is 5.91 Å². The molecule has 0 radical (unpaired) electrons. The average molecular weight is 281 g/mol. The standard InChI is InChI=1S/C16H11NO4/c18-14-13(11-8-4-5-9-12(11)17-14)16(20)21-15(19)10-6-2-1-3-7-10/h1-9,13H,(H,17,18). The highest BCUT2D eigenvalue weighted by atomic mass is 16.6. The Morgan fingerprint density at radius 1 is 0.952 bits per heavy atom. The van der Waals surface area contributed by atoms with Gasteiger partial charge in [0.25, 0.3) is 0 Å². The van der Waals surface area contributed by atoms with E-state index in [1.54, 1.807) is 42.5 Å². The molecular formula is C16H11NO4. The molecule has 0 saturated carbocycles. The molecule has 5 heteroatoms. The normalized spacial score (nSPS) is 16.0. The van der Waals surface area contributed by atoms with Gasteiger partial charge in [-0.05, 0) is 23.8 Å². The number of anilines is 1. The number of fused-ring (bicyclic) bond motifs is 1. The summed E-state index contributed by atoms with van der Waals surface area (Å²) in [6.45, 7) is 0. The summed E-state index contributed by atoms with van der Waals surface area (Å²) in [6, 6.07) is 15.0. The highest BCUT2D eigenvalue weighted by Gasteiger charge is 2.38. The monoisotopic (exact) mass is 281 g/mol. The predicted molar refractivity (Wildman–Crippen MR) is 74.7 cm³/mol. The van der Waals surface area contributed by atoms with E-state index in [4.69, 9.17) is 4.74 Å². The topological polar surface area (TPSA) is 72.5 Å². The highest BCUT2D eigenvalue weighted by Crippen LogP contribution is 2.33. The third kappa shape index (κ3) is 2.41. The summed E-state index contributed by atoms with van der Waals surface area (Å²) in [5, 5.41) is 2.59. The molecule has 1 atom stereocenters. The third-order valence-corrected chi connectivity index (χ3v) is 3.23. The van der Waals surface area contributed by atoms with E-state index in [9.17, 15) is 14.4 Å². The zero-order chi connectivity index (χ0) is 14.8. The number of ether oxygens (including phenoxy) is 1. The Hall–Kier alpha value is -2.95. The van der Waals surface area contributed by atoms with Gasteiger partial charge in [-0.3, -0.25) is 9.59 Å². The molecule has 1 heterocycles. The van der Waals surface area contributed by atoms with E-state index in [2.05, 4.69) is 5.32 Å². The van der Waals surface area contributed by atoms with Crippen LogP contribution in [0.25, 0.3) is 0 Å². The van der Waals surface area contributed by atoms with Gasteiger partial charge >= 0.3 is 11.9 Å². The average Bonchev–Trinajstić information content (AvgIpc) is 2.83. The summed E-state index contributed by atoms with van der Waals surface area (Å²) in [6.07, 6.45) is 0. The number of benzene rings is 2. The van der Waals surface area contributed by atoms with Gasteiger partial charge in [-0.25, -0.2) is 4.79 Å². The second-order valence-electron chi connectivity index (χ2n) is 4.58. The number of nitrogens with one attached hydrogen (secondary N) is 1. The van der Waals surface area contributed by atoms with Crippen LogP contribution in [0.15, 0.2) is 54.6 Å². The van der Waals surface area contributed by atoms with Crippen molar-refractivity contribution in [2.75, 3.05) is 5.32 Å². The largest absolute Gasteiger partial charge is 0.389 e. The minimum Gasteiger partial charge on any atom is -0.389 e. The Morgan fingerprint density at radius 2 is 1.62 bits per heavy atom. The van der Waals surface area contributed by atoms with Crippen molar-refractivity contribution in [2.24, 2.45) is 0 Å². The molecule has 2 aromatic rings. The molecule has 3 rings (SSSR count). The quantitative estimate of drug-likeness (QED) is 0.676. The second kappa shape index (κ2) is 5.20. The number of hydrogen-bond acceptors (Lipinski definition) is 4. The Morgan fingerprint density at radius 3 is 2.38 bits per heavy atom. The van der Waals surface area contributed by atoms with E-state index in [-0.39, 0.29) is 5.56 Å². The number of hydrogen-bond donors (Lipinski definition) is 1. The Balaban J connectivity index is 1.80. The fourth-order valence-corrected chi connectivity index (χ4v) is 2.23. The van der Waals surface area contributed by atoms with Crippen LogP contribution in [0.1, 0.15) is 21.8 Å². The smallest absolute Gasteiger partial charge is 0.345 e. The van der Waals surface area contributed by atoms with Gasteiger partial charge in [0.15, 0.2) is 5.92 Å². The van der Waals surface area contributed by atoms with Crippen molar-refractivity contribution in [3.63, 3.8) is 0 Å². The minimum atomic E-state index is -1.10. The van der Waals surface area contributed by atoms with Crippen LogP contribution in [0.4, 0.5) is 5.69 Å². The molecule has 21 heavy (non-hydrogen) atoms. The molecule has 0 spiro atoms. The molecule has 0 aliphatic carbocycles. The maximum Gasteiger partial charge on any atom is 0.345 e. The van der Waals surface area contributed by atoms with Crippen LogP contribution in [0.3, 0.4) is 0 Å². The molecular weight excluding hydrogens is 270 g/mol. The summed E-state index contributed by atoms with van der Waals surface area (Å²) in [7, 11) is 0. The van der Waals surface area contributed by atoms with Crippen molar-refractivity contribution >= 4 is 23.5 Å². The highest BCUT2D eigenvalue weighted by molar-refractivity contribution is 6.16. The van der Waals surface area contributed by atoms with Crippen LogP contribution >= 0.6 is 0 Å². The van der Waals surface area contributed by atoms with E-state index in [0.717, 1.165) is 0 Å². The summed E-state index contributed by atoms with van der Waals surface area (Å²) in [4.78, 5) is 35.8. The van der Waals surface area contributed by atoms with Crippen molar-refractivity contribution in [3.05, 3.63) is 65.7 Å². The van der Waals surface area contributed by atoms with E-state index < -0.39 is 23.8 Å². The first-order chi connectivity index (χ1) is 10.2. The van der Waals surface area contributed by atoms with E-state index in [1.807, 2.05) is 0 Å². The van der Waals surface area contributed by atoms with Crippen LogP contribution < -0.4 is 5.32 Å². The number of rotatable bonds is 2. The van der Waals surface area contributed by atoms with Crippen LogP contribution in [0, 0.1) is 0 Å². The number of carbonyl (C=O) groups is 3. The minimum absolute atomic E-state index is 0.262. The molecule has 1 aliphatic rings. The number of para-hydroxylation sites is 1. The summed E-state index contributed by atoms with van der Waals surface area (Å²) < 4.78 is 4.81. The lowest BCUT2D eigenvalue weighted by atomic mass is 10.0. The fourth-order valence-electron chi connectivity index (χ4n) is 2.23. The molecule has 2 aromatic carbocycles. The lowest BCUT2D eigenvalue weighted by Gasteiger charge is -2.07. The Kier molecular flexibility index (Phi) is 3.23. The zero-order valence-electron chi connectivity index (χ0n) is 10.9. The fraction of sp³-hybridized carbons (Fsp3) is 0.0625. The maximum atomic E-state index is 12.1. The molecule has 1 N–H and O–H groups in total. The molecule has 1 aliphatic heterocycles. The van der Waals surface area contributed by atoms with Gasteiger partial charge in [0, 0.05) is 5.69 Å². The number of amides is 1. The zero-order valence-corrected chi connectivity index (χ0v) is 10.9. The third-order valence-electron chi connectivity index (χ3n) is 3.23. The van der Waals surface area contributed by atoms with Crippen molar-refractivity contribution in [3.8, 4) is 0 Å². The predicted octanol–water partition coefficient (Wildman–Crippen LogP) is 2.11. The second-order valence-corrected chi connectivity index (χ2v) is 4.58. The van der Waals surface area contributed by atoms with Crippen LogP contribution in [-0.2, 0) is 14.3 Å². The van der Waals surface area contributed by atoms with Crippen molar-refractivity contribution in [1.82, 2.24) is 0 Å². The lowest BCUT2D eigenvalue weighted by molar-refractivity contribution is -0.142. The maximum absolute atomic E-state index is 12.1. The van der Waals surface area contributed by atoms with E-state index in [1.165, 1.54) is 12.1 Å². The molecule has 0 fully saturated rings. The summed E-state index contributed by atoms with van der Waals surface area (Å²) in [5.41, 5.74) is 1.35. The summed E-state index contributed by atoms with van der Waals surface area (Å²) in [5.74, 6) is -3.22. The molecule has 0 saturated heterocycles. The van der Waals surface area contributed by atoms with Gasteiger partial charge in [0.1, 0.15) is 0 Å². The number of carbonyl (C=O) groups excluding carboxylic acids is 3. The summed E-state index contributed by atoms with van der Waals surface area (Å²) >= 11 is 0. The Labute approximate surface area is 120 Å². The van der Waals surface area contributed by atoms with E-state index in [0.29, 0.717) is 11.3 Å². The van der Waals surface area contributed by atoms with E-state index >= 15 is 0 Å². The lowest BCUT2D eigenvalue weighted by Crippen LogP contribution is -2.25. The van der Waals surface area contributed by atoms with Gasteiger partial charge < -0.3 is 10.1 Å². The Bertz CT molecular complexity index is 724. The van der Waals surface area contributed by atoms with Crippen molar-refractivity contribution in [2.45, 2.75) is 5.92 Å². The molecule has 5 nitrogen and oxygen atoms in total. The first-order valence-electron chi connectivity index (χ1n) is 6.37. The van der Waals surface area contributed by atoms with Crippen LogP contribution in [-0.4, -0.2) is 17.8 Å². The van der Waals surface area contributed by atoms with Crippen LogP contribution in [0.5, 0.6) is 0 Å². The van der Waals surface area contributed by atoms with Crippen molar-refractivity contribution < 1.29 is 19.1 Å². The first-order valence-corrected chi connectivity index (χ1v) is 6.37. The van der Waals surface area contributed by atoms with Crippen LogP contribution in [0.2, 0.25) is 0 Å². The SMILES string of the molecule is O=C(OC(=O)C1C(=O)Nc2ccccc21)c1ccccc1. The van der Waals surface area contributed by atoms with Crippen molar-refractivity contribution in [1.29, 1.82) is 0 Å². The van der Waals surface area contributed by atoms with Gasteiger partial charge in [0.05, 0.1) is 5.56 Å². The molecule has 0 aromatic heterocycles. The molecule has 1 amide bonds. The first kappa shape index (κ1) is 13.1. The molecule has 104 valence electrons. The molecule has 1 unspecified atom stereocenters. The van der Waals surface area contributed by atoms with Gasteiger partial charge in [-0.2, -0.15) is 0 Å². The van der Waals surface area contributed by atoms with Gasteiger partial charge in [-0.1, -0.05) is 36.4 Å². The molecule has 0 bridgehead atoms. The van der Waals surface area contributed by atoms with Gasteiger partial charge in [-0.15, -0.1) is 0 Å².